The maximum atomic E-state index is 12.9. The van der Waals surface area contributed by atoms with Crippen LogP contribution in [0.4, 0.5) is 0 Å². The van der Waals surface area contributed by atoms with Crippen molar-refractivity contribution in [2.24, 2.45) is 13.0 Å². The highest BCUT2D eigenvalue weighted by Crippen LogP contribution is 2.23. The summed E-state index contributed by atoms with van der Waals surface area (Å²) in [5, 5.41) is 1.15. The summed E-state index contributed by atoms with van der Waals surface area (Å²) >= 11 is 0. The van der Waals surface area contributed by atoms with E-state index in [2.05, 4.69) is 27.9 Å². The molecule has 0 N–H and O–H groups in total. The number of hydrogen-bond acceptors (Lipinski definition) is 3. The summed E-state index contributed by atoms with van der Waals surface area (Å²) in [6.45, 7) is 6.25. The quantitative estimate of drug-likeness (QED) is 0.653. The zero-order valence-electron chi connectivity index (χ0n) is 18.0. The Morgan fingerprint density at radius 2 is 1.93 bits per heavy atom. The Labute approximate surface area is 177 Å². The van der Waals surface area contributed by atoms with Crippen LogP contribution < -0.4 is 5.56 Å². The third-order valence-electron chi connectivity index (χ3n) is 6.24. The molecule has 2 aromatic heterocycles. The van der Waals surface area contributed by atoms with Crippen molar-refractivity contribution in [1.82, 2.24) is 19.0 Å². The van der Waals surface area contributed by atoms with E-state index >= 15 is 0 Å². The Kier molecular flexibility index (Phi) is 5.75. The Balaban J connectivity index is 1.35. The van der Waals surface area contributed by atoms with Crippen LogP contribution in [0.2, 0.25) is 0 Å². The molecule has 1 aliphatic rings. The molecule has 6 heteroatoms. The lowest BCUT2D eigenvalue weighted by Gasteiger charge is -2.32. The number of carbonyl (C=O) groups excluding carboxylic acids is 1. The monoisotopic (exact) mass is 406 g/mol. The fraction of sp³-hybridized carbons (Fsp3) is 0.458. The van der Waals surface area contributed by atoms with Crippen molar-refractivity contribution in [2.45, 2.75) is 45.6 Å². The first-order valence-electron chi connectivity index (χ1n) is 10.8. The standard InChI is InChI=1S/C24H30N4O2/c1-17(2)21-13-24(30)28(16-25-21)14-18-8-10-27(11-9-18)23(29)12-19-15-26(3)22-7-5-4-6-20(19)22/h4-7,13,15-18H,8-12,14H2,1-3H3. The van der Waals surface area contributed by atoms with Gasteiger partial charge in [-0.15, -0.1) is 0 Å². The largest absolute Gasteiger partial charge is 0.350 e. The molecular formula is C24H30N4O2. The van der Waals surface area contributed by atoms with Crippen molar-refractivity contribution in [1.29, 1.82) is 0 Å². The van der Waals surface area contributed by atoms with E-state index in [0.717, 1.165) is 48.1 Å². The van der Waals surface area contributed by atoms with Gasteiger partial charge in [0, 0.05) is 49.8 Å². The van der Waals surface area contributed by atoms with Crippen LogP contribution in [0.5, 0.6) is 0 Å². The maximum Gasteiger partial charge on any atom is 0.253 e. The van der Waals surface area contributed by atoms with E-state index in [1.54, 1.807) is 17.0 Å². The SMILES string of the molecule is CC(C)c1cc(=O)n(CC2CCN(C(=O)Cc3cn(C)c4ccccc34)CC2)cn1. The molecule has 1 amide bonds. The van der Waals surface area contributed by atoms with E-state index < -0.39 is 0 Å². The second-order valence-corrected chi connectivity index (χ2v) is 8.74. The van der Waals surface area contributed by atoms with Gasteiger partial charge in [0.1, 0.15) is 0 Å². The zero-order valence-corrected chi connectivity index (χ0v) is 18.0. The first kappa shape index (κ1) is 20.4. The number of aryl methyl sites for hydroxylation is 1. The van der Waals surface area contributed by atoms with Gasteiger partial charge in [-0.1, -0.05) is 32.0 Å². The number of rotatable bonds is 5. The Morgan fingerprint density at radius 1 is 1.20 bits per heavy atom. The predicted molar refractivity (Wildman–Crippen MR) is 119 cm³/mol. The van der Waals surface area contributed by atoms with Crippen molar-refractivity contribution in [3.8, 4) is 0 Å². The van der Waals surface area contributed by atoms with Crippen LogP contribution in [0.3, 0.4) is 0 Å². The highest BCUT2D eigenvalue weighted by Gasteiger charge is 2.24. The second-order valence-electron chi connectivity index (χ2n) is 8.74. The highest BCUT2D eigenvalue weighted by molar-refractivity contribution is 5.89. The molecule has 0 unspecified atom stereocenters. The van der Waals surface area contributed by atoms with Crippen molar-refractivity contribution in [3.63, 3.8) is 0 Å². The first-order valence-corrected chi connectivity index (χ1v) is 10.8. The molecule has 3 aromatic rings. The molecule has 0 radical (unpaired) electrons. The minimum atomic E-state index is 0.0168. The van der Waals surface area contributed by atoms with E-state index in [0.29, 0.717) is 18.9 Å². The van der Waals surface area contributed by atoms with Gasteiger partial charge >= 0.3 is 0 Å². The molecule has 1 aliphatic heterocycles. The Morgan fingerprint density at radius 3 is 2.63 bits per heavy atom. The minimum absolute atomic E-state index is 0.0168. The van der Waals surface area contributed by atoms with Crippen LogP contribution in [0.1, 0.15) is 43.9 Å². The summed E-state index contributed by atoms with van der Waals surface area (Å²) in [5.74, 6) is 0.837. The molecule has 0 saturated carbocycles. The number of fused-ring (bicyclic) bond motifs is 1. The maximum absolute atomic E-state index is 12.9. The number of hydrogen-bond donors (Lipinski definition) is 0. The molecule has 1 aromatic carbocycles. The van der Waals surface area contributed by atoms with E-state index in [9.17, 15) is 9.59 Å². The third kappa shape index (κ3) is 4.18. The first-order chi connectivity index (χ1) is 14.4. The lowest BCUT2D eigenvalue weighted by atomic mass is 9.96. The molecule has 0 bridgehead atoms. The van der Waals surface area contributed by atoms with E-state index in [-0.39, 0.29) is 17.4 Å². The van der Waals surface area contributed by atoms with Crippen LogP contribution >= 0.6 is 0 Å². The normalized spacial score (nSPS) is 15.3. The molecule has 1 saturated heterocycles. The zero-order chi connectivity index (χ0) is 21.3. The van der Waals surface area contributed by atoms with Crippen LogP contribution in [-0.4, -0.2) is 38.0 Å². The molecular weight excluding hydrogens is 376 g/mol. The van der Waals surface area contributed by atoms with E-state index in [1.807, 2.05) is 37.9 Å². The minimum Gasteiger partial charge on any atom is -0.350 e. The van der Waals surface area contributed by atoms with Gasteiger partial charge in [0.05, 0.1) is 18.4 Å². The summed E-state index contributed by atoms with van der Waals surface area (Å²) in [5.41, 5.74) is 3.10. The highest BCUT2D eigenvalue weighted by atomic mass is 16.2. The van der Waals surface area contributed by atoms with Crippen molar-refractivity contribution < 1.29 is 4.79 Å². The molecule has 0 atom stereocenters. The topological polar surface area (TPSA) is 60.1 Å². The van der Waals surface area contributed by atoms with Gasteiger partial charge < -0.3 is 9.47 Å². The van der Waals surface area contributed by atoms with Gasteiger partial charge in [0.2, 0.25) is 5.91 Å². The lowest BCUT2D eigenvalue weighted by molar-refractivity contribution is -0.131. The molecule has 1 fully saturated rings. The predicted octanol–water partition coefficient (Wildman–Crippen LogP) is 3.34. The third-order valence-corrected chi connectivity index (χ3v) is 6.24. The van der Waals surface area contributed by atoms with Gasteiger partial charge in [-0.05, 0) is 36.3 Å². The smallest absolute Gasteiger partial charge is 0.253 e. The number of para-hydroxylation sites is 1. The molecule has 0 aliphatic carbocycles. The number of aromatic nitrogens is 3. The van der Waals surface area contributed by atoms with Crippen molar-refractivity contribution >= 4 is 16.8 Å². The van der Waals surface area contributed by atoms with Crippen LogP contribution in [0.25, 0.3) is 10.9 Å². The molecule has 6 nitrogen and oxygen atoms in total. The van der Waals surface area contributed by atoms with Crippen molar-refractivity contribution in [3.05, 3.63) is 64.5 Å². The molecule has 0 spiro atoms. The number of piperidine rings is 1. The van der Waals surface area contributed by atoms with Crippen molar-refractivity contribution in [2.75, 3.05) is 13.1 Å². The summed E-state index contributed by atoms with van der Waals surface area (Å²) in [7, 11) is 2.02. The Bertz CT molecular complexity index is 1100. The van der Waals surface area contributed by atoms with Gasteiger partial charge in [-0.2, -0.15) is 0 Å². The van der Waals surface area contributed by atoms with Gasteiger partial charge in [0.15, 0.2) is 0 Å². The summed E-state index contributed by atoms with van der Waals surface area (Å²) < 4.78 is 3.80. The van der Waals surface area contributed by atoms with E-state index in [4.69, 9.17) is 0 Å². The Hall–Kier alpha value is -2.89. The number of carbonyl (C=O) groups is 1. The van der Waals surface area contributed by atoms with Gasteiger partial charge in [0.25, 0.3) is 5.56 Å². The molecule has 3 heterocycles. The van der Waals surface area contributed by atoms with Crippen LogP contribution in [-0.2, 0) is 24.8 Å². The summed E-state index contributed by atoms with van der Waals surface area (Å²) in [6, 6.07) is 9.86. The van der Waals surface area contributed by atoms with Gasteiger partial charge in [-0.3, -0.25) is 14.2 Å². The summed E-state index contributed by atoms with van der Waals surface area (Å²) in [6.07, 6.45) is 6.01. The van der Waals surface area contributed by atoms with E-state index in [1.165, 1.54) is 0 Å². The molecule has 30 heavy (non-hydrogen) atoms. The number of likely N-dealkylation sites (tertiary alicyclic amines) is 1. The molecule has 4 rings (SSSR count). The van der Waals surface area contributed by atoms with Crippen LogP contribution in [0, 0.1) is 5.92 Å². The number of amides is 1. The molecule has 158 valence electrons. The fourth-order valence-electron chi connectivity index (χ4n) is 4.38. The number of nitrogens with zero attached hydrogens (tertiary/aromatic N) is 4. The average Bonchev–Trinajstić information content (AvgIpc) is 3.05. The van der Waals surface area contributed by atoms with Gasteiger partial charge in [-0.25, -0.2) is 4.98 Å². The summed E-state index contributed by atoms with van der Waals surface area (Å²) in [4.78, 5) is 31.6. The number of benzene rings is 1. The fourth-order valence-corrected chi connectivity index (χ4v) is 4.38. The average molecular weight is 407 g/mol. The second kappa shape index (κ2) is 8.46. The lowest BCUT2D eigenvalue weighted by Crippen LogP contribution is -2.40. The van der Waals surface area contributed by atoms with Crippen LogP contribution in [0.15, 0.2) is 47.7 Å².